The van der Waals surface area contributed by atoms with Crippen LogP contribution in [0.15, 0.2) is 73.3 Å². The van der Waals surface area contributed by atoms with Crippen molar-refractivity contribution < 1.29 is 47.9 Å². The number of amides is 10. The van der Waals surface area contributed by atoms with Gasteiger partial charge < -0.3 is 119 Å². The number of nitrogens with two attached hydrogens (primary N) is 6. The fourth-order valence-corrected chi connectivity index (χ4v) is 10.3. The second-order valence-corrected chi connectivity index (χ2v) is 24.1. The van der Waals surface area contributed by atoms with Crippen LogP contribution < -0.4 is 119 Å². The van der Waals surface area contributed by atoms with E-state index in [1.807, 2.05) is 0 Å². The molecule has 10 amide bonds. The van der Waals surface area contributed by atoms with Gasteiger partial charge in [0.15, 0.2) is 35.8 Å². The maximum Gasteiger partial charge on any atom is 0.253 e. The molecule has 4 aromatic rings. The summed E-state index contributed by atoms with van der Waals surface area (Å²) in [6, 6.07) is 4.11. The van der Waals surface area contributed by atoms with Gasteiger partial charge in [-0.1, -0.05) is 0 Å². The largest absolute Gasteiger partial charge is 0.370 e. The summed E-state index contributed by atoms with van der Waals surface area (Å²) in [5.41, 5.74) is 34.8. The van der Waals surface area contributed by atoms with Crippen LogP contribution in [-0.4, -0.2) is 203 Å². The van der Waals surface area contributed by atoms with E-state index in [1.165, 1.54) is 61.2 Å². The quantitative estimate of drug-likeness (QED) is 0.0177. The van der Waals surface area contributed by atoms with Crippen LogP contribution in [0.5, 0.6) is 0 Å². The molecule has 6 atom stereocenters. The van der Waals surface area contributed by atoms with E-state index in [1.54, 1.807) is 12.1 Å². The molecule has 106 heavy (non-hydrogen) atoms. The zero-order chi connectivity index (χ0) is 77.5. The van der Waals surface area contributed by atoms with Crippen LogP contribution in [0.2, 0.25) is 0 Å². The Morgan fingerprint density at radius 2 is 0.566 bits per heavy atom. The molecular weight excluding hydrogens is 1380 g/mol. The highest BCUT2D eigenvalue weighted by Crippen LogP contribution is 2.20. The van der Waals surface area contributed by atoms with E-state index < -0.39 is 95.3 Å². The summed E-state index contributed by atoms with van der Waals surface area (Å²) in [6.45, 7) is 0.257. The summed E-state index contributed by atoms with van der Waals surface area (Å²) in [6.07, 6.45) is 5.52. The minimum absolute atomic E-state index is 0.0107. The van der Waals surface area contributed by atoms with Crippen molar-refractivity contribution in [2.24, 2.45) is 34.4 Å². The number of nitrogens with one attached hydrogen (secondary N) is 22. The molecule has 0 saturated heterocycles. The third kappa shape index (κ3) is 31.4. The lowest BCUT2D eigenvalue weighted by Crippen LogP contribution is -2.57. The zero-order valence-corrected chi connectivity index (χ0v) is 58.3. The first-order valence-electron chi connectivity index (χ1n) is 33.9. The molecule has 42 nitrogen and oxygen atoms in total. The number of aromatic nitrogens is 4. The number of nitrogens with zero attached hydrogens (tertiary/aromatic N) is 4. The molecule has 0 aliphatic carbocycles. The van der Waals surface area contributed by atoms with Crippen molar-refractivity contribution in [1.29, 1.82) is 32.5 Å². The Bertz CT molecular complexity index is 3480. The third-order valence-corrected chi connectivity index (χ3v) is 15.7. The summed E-state index contributed by atoms with van der Waals surface area (Å²) in [5.74, 6) is -9.31. The predicted molar refractivity (Wildman–Crippen MR) is 393 cm³/mol. The molecule has 0 radical (unpaired) electrons. The van der Waals surface area contributed by atoms with Gasteiger partial charge in [0.2, 0.25) is 47.3 Å². The van der Waals surface area contributed by atoms with Crippen LogP contribution in [0.1, 0.15) is 111 Å². The molecule has 0 aromatic carbocycles. The first-order chi connectivity index (χ1) is 50.6. The van der Waals surface area contributed by atoms with E-state index in [0.29, 0.717) is 22.8 Å². The van der Waals surface area contributed by atoms with Crippen molar-refractivity contribution in [1.82, 2.24) is 94.4 Å². The van der Waals surface area contributed by atoms with Crippen molar-refractivity contribution in [3.05, 3.63) is 84.4 Å². The predicted octanol–water partition coefficient (Wildman–Crippen LogP) is -5.08. The highest BCUT2D eigenvalue weighted by atomic mass is 16.2. The van der Waals surface area contributed by atoms with Crippen LogP contribution >= 0.6 is 0 Å². The fourth-order valence-electron chi connectivity index (χ4n) is 10.3. The van der Waals surface area contributed by atoms with E-state index in [0.717, 1.165) is 0 Å². The van der Waals surface area contributed by atoms with Gasteiger partial charge >= 0.3 is 0 Å². The number of anilines is 2. The molecule has 572 valence electrons. The second-order valence-electron chi connectivity index (χ2n) is 24.1. The van der Waals surface area contributed by atoms with E-state index in [2.05, 4.69) is 105 Å². The topological polar surface area (TPSA) is 714 Å². The molecule has 42 heteroatoms. The number of hydrogen-bond donors (Lipinski definition) is 28. The van der Waals surface area contributed by atoms with Crippen molar-refractivity contribution >= 4 is 106 Å². The van der Waals surface area contributed by atoms with Gasteiger partial charge in [0, 0.05) is 77.6 Å². The molecule has 8 bridgehead atoms. The Morgan fingerprint density at radius 1 is 0.330 bits per heavy atom. The van der Waals surface area contributed by atoms with E-state index >= 15 is 0 Å². The summed E-state index contributed by atoms with van der Waals surface area (Å²) < 4.78 is 0. The molecule has 0 unspecified atom stereocenters. The smallest absolute Gasteiger partial charge is 0.253 e. The lowest BCUT2D eigenvalue weighted by atomic mass is 10.0. The lowest BCUT2D eigenvalue weighted by molar-refractivity contribution is -0.133. The lowest BCUT2D eigenvalue weighted by Gasteiger charge is -2.26. The number of guanidine groups is 6. The van der Waals surface area contributed by atoms with Gasteiger partial charge in [0.25, 0.3) is 11.8 Å². The SMILES string of the molecule is N=C(N)NCCC[C@@H]1NC(=O)c2ccc(nc2)-c2ccc(cn2)NC(=O)CCNC(=O)[C@H](CCCNC(=N)N)NC(=O)[C@H](CCCNC(=N)N)NC(=O)[C@H](CCCNC(=N)N)NC(=O)c2ccc(nc2)-c2ccc(cn2)NC(=O)CCNC(=O)[C@H](CCCNC(=N)N)NC(=O)[C@H](CCCNC(=N)N)NC1=O. The van der Waals surface area contributed by atoms with E-state index in [4.69, 9.17) is 66.9 Å². The molecule has 34 N–H and O–H groups in total. The van der Waals surface area contributed by atoms with Crippen molar-refractivity contribution in [3.63, 3.8) is 0 Å². The van der Waals surface area contributed by atoms with Gasteiger partial charge in [0.1, 0.15) is 36.3 Å². The Labute approximate surface area is 609 Å². The Hall–Kier alpha value is -13.1. The molecule has 4 aromatic heterocycles. The molecule has 7 aliphatic rings. The summed E-state index contributed by atoms with van der Waals surface area (Å²) in [7, 11) is 0. The maximum absolute atomic E-state index is 14.4. The van der Waals surface area contributed by atoms with Crippen molar-refractivity contribution in [3.8, 4) is 22.8 Å². The first kappa shape index (κ1) is 83.6. The van der Waals surface area contributed by atoms with Gasteiger partial charge in [0.05, 0.1) is 57.7 Å². The van der Waals surface area contributed by atoms with Crippen LogP contribution in [-0.2, 0) is 38.4 Å². The first-order valence-corrected chi connectivity index (χ1v) is 33.9. The highest BCUT2D eigenvalue weighted by Gasteiger charge is 2.33. The van der Waals surface area contributed by atoms with Crippen molar-refractivity contribution in [2.75, 3.05) is 63.0 Å². The number of rotatable bonds is 24. The fraction of sp³-hybridized carbons (Fsp3) is 0.438. The monoisotopic (exact) mass is 1470 g/mol. The number of pyridine rings is 4. The Kier molecular flexibility index (Phi) is 35.0. The number of carbonyl (C=O) groups is 10. The average molecular weight is 1470 g/mol. The zero-order valence-electron chi connectivity index (χ0n) is 58.3. The van der Waals surface area contributed by atoms with Crippen LogP contribution in [0, 0.1) is 32.5 Å². The van der Waals surface area contributed by atoms with Gasteiger partial charge in [-0.2, -0.15) is 0 Å². The molecule has 11 rings (SSSR count). The minimum atomic E-state index is -1.36. The third-order valence-electron chi connectivity index (χ3n) is 15.7. The molecule has 7 aliphatic heterocycles. The van der Waals surface area contributed by atoms with E-state index in [9.17, 15) is 47.9 Å². The van der Waals surface area contributed by atoms with Crippen LogP contribution in [0.25, 0.3) is 22.8 Å². The highest BCUT2D eigenvalue weighted by molar-refractivity contribution is 6.01. The van der Waals surface area contributed by atoms with Crippen molar-refractivity contribution in [2.45, 2.75) is 126 Å². The molecule has 0 saturated carbocycles. The summed E-state index contributed by atoms with van der Waals surface area (Å²) >= 11 is 0. The average Bonchev–Trinajstić information content (AvgIpc) is 0.858. The normalized spacial score (nSPS) is 18.4. The van der Waals surface area contributed by atoms with Gasteiger partial charge in [-0.15, -0.1) is 0 Å². The molecule has 0 spiro atoms. The second kappa shape index (κ2) is 44.3. The minimum Gasteiger partial charge on any atom is -0.370 e. The summed E-state index contributed by atoms with van der Waals surface area (Å²) in [4.78, 5) is 157. The maximum atomic E-state index is 14.4. The van der Waals surface area contributed by atoms with E-state index in [-0.39, 0.29) is 201 Å². The summed E-state index contributed by atoms with van der Waals surface area (Å²) in [5, 5.41) is 88.3. The van der Waals surface area contributed by atoms with Gasteiger partial charge in [-0.05, 0) is 126 Å². The Morgan fingerprint density at radius 3 is 0.792 bits per heavy atom. The molecule has 11 heterocycles. The standard InChI is InChI=1S/C64H96N32O10/c65-59(66)79-23-1-7-43-53(101)77-29-21-49(97)89-37-15-19-41(87-33-37)39-18-14-36(32-86-39)52(100)92-46(10-4-26-82-62(71)72)56(104)96-48(12-6-28-84-64(75)76)58(106)94-44(8-2-24-80-60(67)68)54(102)78-30-22-50(98)90-38-16-20-42(88-34-38)40-17-13-35(31-85-40)51(99)91-45(9-3-25-81-61(69)70)55(103)95-47(57(105)93-43)11-5-27-83-63(73)74/h13-20,31-34,43-48H,1-12,21-30H2,(H,77,101)(H,78,102)(H,89,97)(H,90,98)(H,91,99)(H,92,100)(H,93,105)(H,94,106)(H,95,103)(H,96,104)(H4,65,66,79)(H4,67,68,80)(H4,69,70,81)(H4,71,72,82)(H4,73,74,83)(H4,75,76,84)/t43-,44-,45-,46-,47-,48-/m0/s1. The molecule has 0 fully saturated rings. The van der Waals surface area contributed by atoms with Crippen LogP contribution in [0.3, 0.4) is 0 Å². The number of hydrogen-bond acceptors (Lipinski definition) is 20. The molecular formula is C64H96N32O10. The Balaban J connectivity index is 1.46. The van der Waals surface area contributed by atoms with Gasteiger partial charge in [-0.25, -0.2) is 0 Å². The number of carbonyl (C=O) groups excluding carboxylic acids is 10. The van der Waals surface area contributed by atoms with Gasteiger partial charge in [-0.3, -0.25) is 100 Å². The van der Waals surface area contributed by atoms with Crippen LogP contribution in [0.4, 0.5) is 11.4 Å².